The van der Waals surface area contributed by atoms with Gasteiger partial charge in [0.25, 0.3) is 0 Å². The number of benzene rings is 1. The predicted octanol–water partition coefficient (Wildman–Crippen LogP) is 3.47. The SMILES string of the molecule is CC(C)COc1ccc(CNC(=O)N(Cc2ccn(C)c2)[C@@H]2CCNC[C@@H]2F)cc1. The molecule has 1 aliphatic rings. The summed E-state index contributed by atoms with van der Waals surface area (Å²) < 4.78 is 22.2. The number of rotatable bonds is 8. The topological polar surface area (TPSA) is 58.5 Å². The smallest absolute Gasteiger partial charge is 0.318 e. The molecule has 3 rings (SSSR count). The van der Waals surface area contributed by atoms with Gasteiger partial charge in [-0.3, -0.25) is 0 Å². The second kappa shape index (κ2) is 10.5. The van der Waals surface area contributed by atoms with E-state index in [4.69, 9.17) is 4.74 Å². The van der Waals surface area contributed by atoms with Crippen molar-refractivity contribution in [1.82, 2.24) is 20.1 Å². The highest BCUT2D eigenvalue weighted by molar-refractivity contribution is 5.74. The molecule has 0 bridgehead atoms. The van der Waals surface area contributed by atoms with Crippen LogP contribution in [0.5, 0.6) is 5.75 Å². The van der Waals surface area contributed by atoms with Crippen molar-refractivity contribution >= 4 is 6.03 Å². The van der Waals surface area contributed by atoms with E-state index in [1.54, 1.807) is 4.90 Å². The van der Waals surface area contributed by atoms with E-state index in [1.807, 2.05) is 54.3 Å². The zero-order valence-corrected chi connectivity index (χ0v) is 18.1. The fourth-order valence-electron chi connectivity index (χ4n) is 3.59. The number of aromatic nitrogens is 1. The molecule has 30 heavy (non-hydrogen) atoms. The van der Waals surface area contributed by atoms with E-state index >= 15 is 0 Å². The van der Waals surface area contributed by atoms with Crippen LogP contribution in [-0.2, 0) is 20.1 Å². The van der Waals surface area contributed by atoms with Crippen molar-refractivity contribution in [3.63, 3.8) is 0 Å². The molecule has 0 unspecified atom stereocenters. The van der Waals surface area contributed by atoms with Gasteiger partial charge in [0.1, 0.15) is 11.9 Å². The summed E-state index contributed by atoms with van der Waals surface area (Å²) in [4.78, 5) is 14.7. The molecule has 1 aliphatic heterocycles. The quantitative estimate of drug-likeness (QED) is 0.693. The lowest BCUT2D eigenvalue weighted by molar-refractivity contribution is 0.0971. The van der Waals surface area contributed by atoms with Gasteiger partial charge in [0.2, 0.25) is 0 Å². The van der Waals surface area contributed by atoms with Gasteiger partial charge in [0.15, 0.2) is 0 Å². The van der Waals surface area contributed by atoms with Crippen molar-refractivity contribution in [3.8, 4) is 5.75 Å². The number of nitrogens with zero attached hydrogens (tertiary/aromatic N) is 2. The van der Waals surface area contributed by atoms with Crippen molar-refractivity contribution in [2.24, 2.45) is 13.0 Å². The van der Waals surface area contributed by atoms with Crippen LogP contribution in [-0.4, -0.2) is 47.4 Å². The fraction of sp³-hybridized carbons (Fsp3) is 0.522. The Morgan fingerprint density at radius 1 is 1.30 bits per heavy atom. The molecule has 0 spiro atoms. The summed E-state index contributed by atoms with van der Waals surface area (Å²) in [6, 6.07) is 9.00. The van der Waals surface area contributed by atoms with E-state index < -0.39 is 12.2 Å². The first kappa shape index (κ1) is 22.2. The number of carbonyl (C=O) groups excluding carboxylic acids is 1. The van der Waals surface area contributed by atoms with Crippen LogP contribution in [0.4, 0.5) is 9.18 Å². The van der Waals surface area contributed by atoms with Gasteiger partial charge in [-0.2, -0.15) is 0 Å². The Balaban J connectivity index is 1.62. The standard InChI is InChI=1S/C23H33FN4O2/c1-17(2)16-30-20-6-4-18(5-7-20)12-26-23(29)28(15-19-9-11-27(3)14-19)22-8-10-25-13-21(22)24/h4-7,9,11,14,17,21-22,25H,8,10,12-13,15-16H2,1-3H3,(H,26,29)/t21-,22+/m0/s1. The third-order valence-corrected chi connectivity index (χ3v) is 5.23. The molecule has 0 saturated carbocycles. The molecule has 2 atom stereocenters. The highest BCUT2D eigenvalue weighted by atomic mass is 19.1. The largest absolute Gasteiger partial charge is 0.493 e. The second-order valence-electron chi connectivity index (χ2n) is 8.40. The maximum atomic E-state index is 14.6. The van der Waals surface area contributed by atoms with Gasteiger partial charge in [-0.05, 0) is 48.2 Å². The molecule has 2 heterocycles. The minimum absolute atomic E-state index is 0.242. The number of urea groups is 1. The summed E-state index contributed by atoms with van der Waals surface area (Å²) in [5, 5.41) is 6.02. The van der Waals surface area contributed by atoms with Gasteiger partial charge in [0, 0.05) is 39.1 Å². The lowest BCUT2D eigenvalue weighted by Crippen LogP contribution is -2.55. The molecule has 164 valence electrons. The maximum Gasteiger partial charge on any atom is 0.318 e. The predicted molar refractivity (Wildman–Crippen MR) is 116 cm³/mol. The number of nitrogens with one attached hydrogen (secondary N) is 2. The number of amides is 2. The molecule has 1 aromatic carbocycles. The number of alkyl halides is 1. The Bertz CT molecular complexity index is 806. The van der Waals surface area contributed by atoms with Crippen molar-refractivity contribution in [3.05, 3.63) is 53.9 Å². The molecule has 1 aromatic heterocycles. The minimum atomic E-state index is -1.08. The fourth-order valence-corrected chi connectivity index (χ4v) is 3.59. The van der Waals surface area contributed by atoms with E-state index in [-0.39, 0.29) is 12.6 Å². The Kier molecular flexibility index (Phi) is 7.74. The van der Waals surface area contributed by atoms with Crippen LogP contribution in [0.25, 0.3) is 0 Å². The summed E-state index contributed by atoms with van der Waals surface area (Å²) in [6.07, 6.45) is 3.42. The van der Waals surface area contributed by atoms with Gasteiger partial charge in [-0.1, -0.05) is 26.0 Å². The first-order chi connectivity index (χ1) is 14.4. The van der Waals surface area contributed by atoms with Crippen molar-refractivity contribution in [1.29, 1.82) is 0 Å². The zero-order valence-electron chi connectivity index (χ0n) is 18.1. The Morgan fingerprint density at radius 3 is 2.70 bits per heavy atom. The molecule has 1 fully saturated rings. The lowest BCUT2D eigenvalue weighted by atomic mass is 10.0. The molecular formula is C23H33FN4O2. The Labute approximate surface area is 178 Å². The van der Waals surface area contributed by atoms with Crippen LogP contribution in [0.1, 0.15) is 31.4 Å². The van der Waals surface area contributed by atoms with E-state index in [0.717, 1.165) is 16.9 Å². The van der Waals surface area contributed by atoms with Gasteiger partial charge in [0.05, 0.1) is 12.6 Å². The first-order valence-electron chi connectivity index (χ1n) is 10.6. The summed E-state index contributed by atoms with van der Waals surface area (Å²) in [6.45, 7) is 6.65. The second-order valence-corrected chi connectivity index (χ2v) is 8.40. The van der Waals surface area contributed by atoms with Gasteiger partial charge in [-0.25, -0.2) is 9.18 Å². The Morgan fingerprint density at radius 2 is 2.07 bits per heavy atom. The van der Waals surface area contributed by atoms with Crippen molar-refractivity contribution in [2.45, 2.75) is 45.6 Å². The van der Waals surface area contributed by atoms with Crippen LogP contribution in [0.2, 0.25) is 0 Å². The summed E-state index contributed by atoms with van der Waals surface area (Å²) >= 11 is 0. The number of halogens is 1. The van der Waals surface area contributed by atoms with Crippen molar-refractivity contribution < 1.29 is 13.9 Å². The van der Waals surface area contributed by atoms with E-state index in [9.17, 15) is 9.18 Å². The number of hydrogen-bond donors (Lipinski definition) is 2. The monoisotopic (exact) mass is 416 g/mol. The average Bonchev–Trinajstić information content (AvgIpc) is 3.15. The molecule has 0 aliphatic carbocycles. The number of aryl methyl sites for hydroxylation is 1. The molecule has 1 saturated heterocycles. The molecular weight excluding hydrogens is 383 g/mol. The lowest BCUT2D eigenvalue weighted by Gasteiger charge is -2.36. The first-order valence-corrected chi connectivity index (χ1v) is 10.6. The molecule has 7 heteroatoms. The minimum Gasteiger partial charge on any atom is -0.493 e. The molecule has 2 N–H and O–H groups in total. The third-order valence-electron chi connectivity index (χ3n) is 5.23. The number of piperidine rings is 1. The van der Waals surface area contributed by atoms with Crippen LogP contribution in [0.15, 0.2) is 42.7 Å². The van der Waals surface area contributed by atoms with Gasteiger partial charge >= 0.3 is 6.03 Å². The summed E-state index contributed by atoms with van der Waals surface area (Å²) in [5.74, 6) is 1.29. The van der Waals surface area contributed by atoms with Crippen LogP contribution >= 0.6 is 0 Å². The van der Waals surface area contributed by atoms with E-state index in [0.29, 0.717) is 38.6 Å². The van der Waals surface area contributed by atoms with Crippen LogP contribution in [0.3, 0.4) is 0 Å². The maximum absolute atomic E-state index is 14.6. The normalized spacial score (nSPS) is 19.0. The molecule has 2 amide bonds. The molecule has 2 aromatic rings. The third kappa shape index (κ3) is 6.23. The highest BCUT2D eigenvalue weighted by Crippen LogP contribution is 2.19. The average molecular weight is 417 g/mol. The van der Waals surface area contributed by atoms with E-state index in [1.165, 1.54) is 0 Å². The van der Waals surface area contributed by atoms with E-state index in [2.05, 4.69) is 24.5 Å². The van der Waals surface area contributed by atoms with Gasteiger partial charge in [-0.15, -0.1) is 0 Å². The highest BCUT2D eigenvalue weighted by Gasteiger charge is 2.33. The molecule has 6 nitrogen and oxygen atoms in total. The zero-order chi connectivity index (χ0) is 21.5. The molecule has 0 radical (unpaired) electrons. The van der Waals surface area contributed by atoms with Crippen molar-refractivity contribution in [2.75, 3.05) is 19.7 Å². The summed E-state index contributed by atoms with van der Waals surface area (Å²) in [5.41, 5.74) is 1.96. The van der Waals surface area contributed by atoms with Crippen LogP contribution < -0.4 is 15.4 Å². The van der Waals surface area contributed by atoms with Gasteiger partial charge < -0.3 is 24.8 Å². The number of hydrogen-bond acceptors (Lipinski definition) is 3. The number of carbonyl (C=O) groups is 1. The Hall–Kier alpha value is -2.54. The summed E-state index contributed by atoms with van der Waals surface area (Å²) in [7, 11) is 1.94. The number of ether oxygens (including phenoxy) is 1. The van der Waals surface area contributed by atoms with Crippen LogP contribution in [0, 0.1) is 5.92 Å².